The van der Waals surface area contributed by atoms with E-state index in [-0.39, 0.29) is 15.9 Å². The number of anilines is 1. The number of carbonyl (C=O) groups is 1. The predicted molar refractivity (Wildman–Crippen MR) is 80.6 cm³/mol. The maximum atomic E-state index is 12.6. The number of nitrogens with zero attached hydrogens (tertiary/aromatic N) is 2. The maximum Gasteiger partial charge on any atom is 0.292 e. The van der Waals surface area contributed by atoms with Gasteiger partial charge in [0, 0.05) is 12.1 Å². The lowest BCUT2D eigenvalue weighted by Crippen LogP contribution is -2.15. The summed E-state index contributed by atoms with van der Waals surface area (Å²) in [7, 11) is 0. The average Bonchev–Trinajstić information content (AvgIpc) is 2.90. The summed E-state index contributed by atoms with van der Waals surface area (Å²) in [5.41, 5.74) is 0.786. The molecular weight excluding hydrogens is 338 g/mol. The van der Waals surface area contributed by atoms with E-state index in [0.717, 1.165) is 0 Å². The van der Waals surface area contributed by atoms with E-state index in [4.69, 9.17) is 0 Å². The lowest BCUT2D eigenvalue weighted by Gasteiger charge is -2.09. The number of benzene rings is 1. The molecule has 3 rings (SSSR count). The van der Waals surface area contributed by atoms with Gasteiger partial charge in [-0.2, -0.15) is 0 Å². The molecule has 1 aromatic heterocycles. The van der Waals surface area contributed by atoms with Gasteiger partial charge in [-0.05, 0) is 15.9 Å². The van der Waals surface area contributed by atoms with Crippen LogP contribution in [0.15, 0.2) is 41.0 Å². The fourth-order valence-corrected chi connectivity index (χ4v) is 2.94. The molecule has 0 amide bonds. The number of hydrogen-bond acceptors (Lipinski definition) is 5. The van der Waals surface area contributed by atoms with Gasteiger partial charge >= 0.3 is 0 Å². The van der Waals surface area contributed by atoms with E-state index in [2.05, 4.69) is 26.2 Å². The maximum absolute atomic E-state index is 12.6. The van der Waals surface area contributed by atoms with Crippen LogP contribution in [0, 0.1) is 10.1 Å². The minimum absolute atomic E-state index is 0.0979. The van der Waals surface area contributed by atoms with Gasteiger partial charge in [0.25, 0.3) is 5.69 Å². The van der Waals surface area contributed by atoms with Crippen LogP contribution in [0.1, 0.15) is 21.8 Å². The summed E-state index contributed by atoms with van der Waals surface area (Å²) in [5, 5.41) is 14.3. The summed E-state index contributed by atoms with van der Waals surface area (Å²) in [6.45, 7) is 0.313. The Hall–Kier alpha value is -2.28. The lowest BCUT2D eigenvalue weighted by atomic mass is 9.92. The van der Waals surface area contributed by atoms with Crippen LogP contribution in [-0.2, 0) is 0 Å². The topological polar surface area (TPSA) is 85.1 Å². The number of nitrogens with one attached hydrogen (secondary N) is 1. The summed E-state index contributed by atoms with van der Waals surface area (Å²) < 4.78 is 0.279. The summed E-state index contributed by atoms with van der Waals surface area (Å²) in [4.78, 5) is 27.5. The first-order valence-corrected chi connectivity index (χ1v) is 7.05. The zero-order valence-corrected chi connectivity index (χ0v) is 12.3. The van der Waals surface area contributed by atoms with E-state index in [1.807, 2.05) is 6.07 Å². The highest BCUT2D eigenvalue weighted by Gasteiger charge is 2.38. The van der Waals surface area contributed by atoms with Gasteiger partial charge in [0.2, 0.25) is 0 Å². The third-order valence-electron chi connectivity index (χ3n) is 3.42. The van der Waals surface area contributed by atoms with Crippen molar-refractivity contribution in [2.45, 2.75) is 5.92 Å². The van der Waals surface area contributed by atoms with Crippen LogP contribution >= 0.6 is 15.9 Å². The molecule has 1 N–H and O–H groups in total. The van der Waals surface area contributed by atoms with Gasteiger partial charge in [0.15, 0.2) is 5.78 Å². The van der Waals surface area contributed by atoms with Crippen LogP contribution in [-0.4, -0.2) is 22.2 Å². The molecule has 1 unspecified atom stereocenters. The number of aromatic nitrogens is 1. The Labute approximate surface area is 128 Å². The van der Waals surface area contributed by atoms with E-state index >= 15 is 0 Å². The van der Waals surface area contributed by atoms with Gasteiger partial charge in [-0.25, -0.2) is 4.98 Å². The van der Waals surface area contributed by atoms with E-state index in [0.29, 0.717) is 23.5 Å². The van der Waals surface area contributed by atoms with Crippen LogP contribution < -0.4 is 5.32 Å². The highest BCUT2D eigenvalue weighted by Crippen LogP contribution is 2.42. The first kappa shape index (κ1) is 13.7. The van der Waals surface area contributed by atoms with Gasteiger partial charge in [-0.1, -0.05) is 30.3 Å². The van der Waals surface area contributed by atoms with Crippen molar-refractivity contribution in [1.29, 1.82) is 0 Å². The van der Waals surface area contributed by atoms with Crippen molar-refractivity contribution in [2.75, 3.05) is 11.9 Å². The van der Waals surface area contributed by atoms with Crippen LogP contribution in [0.5, 0.6) is 0 Å². The molecule has 0 saturated heterocycles. The monoisotopic (exact) mass is 347 g/mol. The smallest absolute Gasteiger partial charge is 0.292 e. The van der Waals surface area contributed by atoms with Crippen LogP contribution in [0.2, 0.25) is 0 Å². The Balaban J connectivity index is 2.10. The molecular formula is C14H10BrN3O3. The summed E-state index contributed by atoms with van der Waals surface area (Å²) in [6, 6.07) is 8.77. The minimum Gasteiger partial charge on any atom is -0.369 e. The van der Waals surface area contributed by atoms with Crippen molar-refractivity contribution < 1.29 is 9.72 Å². The van der Waals surface area contributed by atoms with Gasteiger partial charge in [-0.3, -0.25) is 14.9 Å². The molecule has 0 bridgehead atoms. The summed E-state index contributed by atoms with van der Waals surface area (Å²) in [6.07, 6.45) is 1.37. The molecule has 21 heavy (non-hydrogen) atoms. The molecule has 0 fully saturated rings. The van der Waals surface area contributed by atoms with E-state index in [1.165, 1.54) is 6.20 Å². The Bertz CT molecular complexity index is 734. The number of Topliss-reactive ketones (excluding diaryl/α,β-unsaturated/α-hetero) is 1. The fraction of sp³-hybridized carbons (Fsp3) is 0.143. The number of ketones is 1. The quantitative estimate of drug-likeness (QED) is 0.523. The first-order chi connectivity index (χ1) is 10.1. The van der Waals surface area contributed by atoms with Crippen LogP contribution in [0.3, 0.4) is 0 Å². The summed E-state index contributed by atoms with van der Waals surface area (Å²) in [5.74, 6) is -0.350. The number of hydrogen-bond donors (Lipinski definition) is 1. The van der Waals surface area contributed by atoms with E-state index < -0.39 is 10.8 Å². The molecule has 0 radical (unpaired) electrons. The number of carbonyl (C=O) groups excluding carboxylic acids is 1. The molecule has 0 saturated carbocycles. The standard InChI is InChI=1S/C14H10BrN3O3/c15-10-7-17-14-11(12(10)18(20)21)9(6-16-14)13(19)8-4-2-1-3-5-8/h1-5,7,9H,6H2,(H,16,17). The Morgan fingerprint density at radius 3 is 2.76 bits per heavy atom. The van der Waals surface area contributed by atoms with E-state index in [1.54, 1.807) is 24.3 Å². The molecule has 6 nitrogen and oxygen atoms in total. The first-order valence-electron chi connectivity index (χ1n) is 6.25. The number of pyridine rings is 1. The van der Waals surface area contributed by atoms with Gasteiger partial charge in [-0.15, -0.1) is 0 Å². The molecule has 2 heterocycles. The number of rotatable bonds is 3. The van der Waals surface area contributed by atoms with Crippen LogP contribution in [0.25, 0.3) is 0 Å². The molecule has 2 aromatic rings. The average molecular weight is 348 g/mol. The van der Waals surface area contributed by atoms with Gasteiger partial charge in [0.1, 0.15) is 10.3 Å². The highest BCUT2D eigenvalue weighted by molar-refractivity contribution is 9.10. The zero-order chi connectivity index (χ0) is 15.0. The largest absolute Gasteiger partial charge is 0.369 e. The SMILES string of the molecule is O=C(c1ccccc1)C1CNc2ncc(Br)c([N+](=O)[O-])c21. The second-order valence-corrected chi connectivity index (χ2v) is 5.49. The van der Waals surface area contributed by atoms with Crippen LogP contribution in [0.4, 0.5) is 11.5 Å². The van der Waals surface area contributed by atoms with E-state index in [9.17, 15) is 14.9 Å². The third-order valence-corrected chi connectivity index (χ3v) is 4.00. The molecule has 1 aromatic carbocycles. The van der Waals surface area contributed by atoms with Crippen molar-refractivity contribution in [1.82, 2.24) is 4.98 Å². The summed E-state index contributed by atoms with van der Waals surface area (Å²) >= 11 is 3.14. The third kappa shape index (κ3) is 2.29. The Morgan fingerprint density at radius 1 is 1.38 bits per heavy atom. The van der Waals surface area contributed by atoms with Crippen molar-refractivity contribution in [3.05, 3.63) is 62.2 Å². The molecule has 106 valence electrons. The normalized spacial score (nSPS) is 16.1. The molecule has 1 aliphatic rings. The van der Waals surface area contributed by atoms with Crippen molar-refractivity contribution in [3.63, 3.8) is 0 Å². The fourth-order valence-electron chi connectivity index (χ4n) is 2.48. The highest BCUT2D eigenvalue weighted by atomic mass is 79.9. The molecule has 0 aliphatic carbocycles. The number of nitro groups is 1. The Morgan fingerprint density at radius 2 is 2.10 bits per heavy atom. The zero-order valence-electron chi connectivity index (χ0n) is 10.7. The van der Waals surface area contributed by atoms with Crippen molar-refractivity contribution in [2.24, 2.45) is 0 Å². The number of fused-ring (bicyclic) bond motifs is 1. The number of halogens is 1. The van der Waals surface area contributed by atoms with Crippen molar-refractivity contribution >= 4 is 33.2 Å². The Kier molecular flexibility index (Phi) is 3.42. The second-order valence-electron chi connectivity index (χ2n) is 4.64. The minimum atomic E-state index is -0.604. The molecule has 7 heteroatoms. The lowest BCUT2D eigenvalue weighted by molar-refractivity contribution is -0.386. The van der Waals surface area contributed by atoms with Gasteiger partial charge in [0.05, 0.1) is 22.6 Å². The van der Waals surface area contributed by atoms with Crippen molar-refractivity contribution in [3.8, 4) is 0 Å². The molecule has 1 aliphatic heterocycles. The predicted octanol–water partition coefficient (Wildman–Crippen LogP) is 3.14. The second kappa shape index (κ2) is 5.25. The molecule has 1 atom stereocenters. The molecule has 0 spiro atoms. The van der Waals surface area contributed by atoms with Gasteiger partial charge < -0.3 is 5.32 Å².